The van der Waals surface area contributed by atoms with Gasteiger partial charge in [0, 0.05) is 0 Å². The molecule has 1 aromatic rings. The third-order valence-electron chi connectivity index (χ3n) is 2.67. The van der Waals surface area contributed by atoms with Crippen LogP contribution in [-0.2, 0) is 20.9 Å². The van der Waals surface area contributed by atoms with Crippen molar-refractivity contribution in [2.45, 2.75) is 31.0 Å². The van der Waals surface area contributed by atoms with E-state index in [2.05, 4.69) is 0 Å². The van der Waals surface area contributed by atoms with Crippen LogP contribution in [0.5, 0.6) is 0 Å². The Morgan fingerprint density at radius 1 is 1.50 bits per heavy atom. The van der Waals surface area contributed by atoms with E-state index >= 15 is 0 Å². The highest BCUT2D eigenvalue weighted by atomic mass is 32.2. The van der Waals surface area contributed by atoms with Crippen LogP contribution in [0.4, 0.5) is 0 Å². The van der Waals surface area contributed by atoms with Gasteiger partial charge in [0.25, 0.3) is 0 Å². The van der Waals surface area contributed by atoms with Crippen LogP contribution >= 0.6 is 0 Å². The third kappa shape index (κ3) is 2.51. The maximum atomic E-state index is 12.1. The Labute approximate surface area is 109 Å². The first-order chi connectivity index (χ1) is 8.56. The molecule has 0 spiro atoms. The van der Waals surface area contributed by atoms with E-state index < -0.39 is 29.6 Å². The lowest BCUT2D eigenvalue weighted by atomic mass is 10.2. The molecule has 5 nitrogen and oxygen atoms in total. The molecule has 1 aromatic carbocycles. The van der Waals surface area contributed by atoms with Crippen molar-refractivity contribution in [1.82, 2.24) is 4.31 Å². The summed E-state index contributed by atoms with van der Waals surface area (Å²) in [7, 11) is 0. The first-order valence-electron chi connectivity index (χ1n) is 5.68. The fourth-order valence-electron chi connectivity index (χ4n) is 1.63. The summed E-state index contributed by atoms with van der Waals surface area (Å²) in [6.07, 6.45) is -1.02. The first-order valence-corrected chi connectivity index (χ1v) is 6.78. The lowest BCUT2D eigenvalue weighted by molar-refractivity contribution is -0.143. The van der Waals surface area contributed by atoms with Crippen LogP contribution in [0.1, 0.15) is 12.5 Å². The largest absolute Gasteiger partial charge is 0.593 e. The molecule has 1 N–H and O–H groups in total. The summed E-state index contributed by atoms with van der Waals surface area (Å²) in [5.41, 5.74) is 1.06. The van der Waals surface area contributed by atoms with E-state index in [9.17, 15) is 14.5 Å². The van der Waals surface area contributed by atoms with Gasteiger partial charge < -0.3 is 14.4 Å². The normalized spacial score (nSPS) is 27.7. The number of aryl methyl sites for hydroxylation is 1. The molecule has 1 unspecified atom stereocenters. The van der Waals surface area contributed by atoms with Gasteiger partial charge in [0.2, 0.25) is 0 Å². The second kappa shape index (κ2) is 5.27. The molecule has 0 saturated carbocycles. The van der Waals surface area contributed by atoms with E-state index in [1.807, 2.05) is 19.1 Å². The number of esters is 1. The van der Waals surface area contributed by atoms with Crippen molar-refractivity contribution >= 4 is 17.3 Å². The molecule has 1 saturated heterocycles. The molecular weight excluding hydrogens is 254 g/mol. The Balaban J connectivity index is 2.05. The number of nitrogens with zero attached hydrogens (tertiary/aromatic N) is 1. The Morgan fingerprint density at radius 2 is 2.11 bits per heavy atom. The zero-order chi connectivity index (χ0) is 13.3. The summed E-state index contributed by atoms with van der Waals surface area (Å²) < 4.78 is 18.1. The maximum absolute atomic E-state index is 12.1. The molecule has 0 amide bonds. The van der Waals surface area contributed by atoms with Crippen molar-refractivity contribution < 1.29 is 19.2 Å². The Kier molecular flexibility index (Phi) is 3.91. The number of hydrogen-bond acceptors (Lipinski definition) is 5. The smallest absolute Gasteiger partial charge is 0.332 e. The predicted octanol–water partition coefficient (Wildman–Crippen LogP) is 0.583. The van der Waals surface area contributed by atoms with Crippen LogP contribution in [0.25, 0.3) is 0 Å². The van der Waals surface area contributed by atoms with Crippen molar-refractivity contribution in [2.75, 3.05) is 6.61 Å². The van der Waals surface area contributed by atoms with Gasteiger partial charge in [-0.15, -0.1) is 0 Å². The van der Waals surface area contributed by atoms with E-state index in [-0.39, 0.29) is 6.61 Å². The minimum atomic E-state index is -1.53. The van der Waals surface area contributed by atoms with E-state index in [0.717, 1.165) is 5.56 Å². The van der Waals surface area contributed by atoms with Crippen molar-refractivity contribution in [2.24, 2.45) is 0 Å². The monoisotopic (exact) mass is 269 g/mol. The number of carbonyl (C=O) groups is 1. The summed E-state index contributed by atoms with van der Waals surface area (Å²) in [5, 5.41) is 9.60. The highest BCUT2D eigenvalue weighted by molar-refractivity contribution is 7.89. The van der Waals surface area contributed by atoms with E-state index in [4.69, 9.17) is 4.74 Å². The van der Waals surface area contributed by atoms with Crippen molar-refractivity contribution in [3.63, 3.8) is 0 Å². The molecule has 1 fully saturated rings. The number of aliphatic hydroxyl groups excluding tert-OH is 1. The molecule has 2 rings (SSSR count). The van der Waals surface area contributed by atoms with Gasteiger partial charge in [-0.1, -0.05) is 22.0 Å². The summed E-state index contributed by atoms with van der Waals surface area (Å²) in [4.78, 5) is 12.0. The fourth-order valence-corrected chi connectivity index (χ4v) is 2.90. The van der Waals surface area contributed by atoms with Crippen LogP contribution in [-0.4, -0.2) is 38.8 Å². The molecule has 18 heavy (non-hydrogen) atoms. The summed E-state index contributed by atoms with van der Waals surface area (Å²) in [6.45, 7) is 3.86. The predicted molar refractivity (Wildman–Crippen MR) is 65.9 cm³/mol. The Bertz CT molecular complexity index is 436. The number of ether oxygens (including phenoxy) is 1. The number of hydrogen-bond donors (Lipinski definition) is 1. The lowest BCUT2D eigenvalue weighted by Gasteiger charge is -2.10. The van der Waals surface area contributed by atoms with Crippen molar-refractivity contribution in [1.29, 1.82) is 0 Å². The highest BCUT2D eigenvalue weighted by Gasteiger charge is 2.62. The minimum absolute atomic E-state index is 0.243. The van der Waals surface area contributed by atoms with E-state index in [1.54, 1.807) is 19.1 Å². The zero-order valence-electron chi connectivity index (χ0n) is 10.2. The molecule has 1 aliphatic rings. The topological polar surface area (TPSA) is 72.6 Å². The SMILES string of the molecule is CCOC(=O)[C@H]1[C@@H](O)N1[S@+]([O-])c1ccc(C)cc1. The van der Waals surface area contributed by atoms with Gasteiger partial charge in [-0.25, -0.2) is 4.79 Å². The molecule has 6 heteroatoms. The van der Waals surface area contributed by atoms with E-state index in [0.29, 0.717) is 4.90 Å². The van der Waals surface area contributed by atoms with Crippen LogP contribution in [0, 0.1) is 6.92 Å². The molecule has 1 aliphatic heterocycles. The molecule has 1 heterocycles. The molecule has 4 atom stereocenters. The second-order valence-electron chi connectivity index (χ2n) is 4.03. The highest BCUT2D eigenvalue weighted by Crippen LogP contribution is 2.34. The van der Waals surface area contributed by atoms with Crippen LogP contribution in [0.15, 0.2) is 29.2 Å². The van der Waals surface area contributed by atoms with Gasteiger partial charge in [-0.2, -0.15) is 0 Å². The summed E-state index contributed by atoms with van der Waals surface area (Å²) in [5.74, 6) is -0.537. The van der Waals surface area contributed by atoms with Crippen LogP contribution in [0.3, 0.4) is 0 Å². The van der Waals surface area contributed by atoms with Crippen molar-refractivity contribution in [3.8, 4) is 0 Å². The Morgan fingerprint density at radius 3 is 2.67 bits per heavy atom. The van der Waals surface area contributed by atoms with Gasteiger partial charge in [0.05, 0.1) is 18.0 Å². The molecule has 0 aliphatic carbocycles. The van der Waals surface area contributed by atoms with Gasteiger partial charge in [-0.05, 0) is 26.0 Å². The summed E-state index contributed by atoms with van der Waals surface area (Å²) in [6, 6.07) is 6.30. The minimum Gasteiger partial charge on any atom is -0.593 e. The third-order valence-corrected chi connectivity index (χ3v) is 4.17. The molecular formula is C12H15NO4S. The van der Waals surface area contributed by atoms with E-state index in [1.165, 1.54) is 4.31 Å². The van der Waals surface area contributed by atoms with Crippen molar-refractivity contribution in [3.05, 3.63) is 29.8 Å². The maximum Gasteiger partial charge on any atom is 0.332 e. The summed E-state index contributed by atoms with van der Waals surface area (Å²) >= 11 is -1.53. The van der Waals surface area contributed by atoms with Gasteiger partial charge in [0.1, 0.15) is 0 Å². The number of aliphatic hydroxyl groups is 1. The number of rotatable bonds is 4. The Hall–Kier alpha value is -1.08. The average Bonchev–Trinajstić information content (AvgIpc) is 3.01. The molecule has 0 aromatic heterocycles. The second-order valence-corrected chi connectivity index (χ2v) is 5.42. The standard InChI is InChI=1S/C12H15NO4S/c1-3-17-12(15)10-11(14)13(10)18(16)9-6-4-8(2)5-7-9/h4-7,10-11,14H,3H2,1-2H3/t10-,11-,13?,18-/m1/s1. The lowest BCUT2D eigenvalue weighted by Crippen LogP contribution is -2.21. The van der Waals surface area contributed by atoms with Gasteiger partial charge in [-0.3, -0.25) is 0 Å². The first kappa shape index (κ1) is 13.4. The molecule has 98 valence electrons. The van der Waals surface area contributed by atoms with Crippen LogP contribution < -0.4 is 0 Å². The quantitative estimate of drug-likeness (QED) is 0.492. The number of benzene rings is 1. The van der Waals surface area contributed by atoms with Gasteiger partial charge >= 0.3 is 5.97 Å². The fraction of sp³-hybridized carbons (Fsp3) is 0.417. The average molecular weight is 269 g/mol. The van der Waals surface area contributed by atoms with Crippen LogP contribution in [0.2, 0.25) is 0 Å². The molecule has 0 bridgehead atoms. The zero-order valence-corrected chi connectivity index (χ0v) is 11.0. The molecule has 0 radical (unpaired) electrons. The van der Waals surface area contributed by atoms with Gasteiger partial charge in [0.15, 0.2) is 17.2 Å². The number of carbonyl (C=O) groups excluding carboxylic acids is 1.